The normalized spacial score (nSPS) is 13.4. The van der Waals surface area contributed by atoms with Gasteiger partial charge in [-0.25, -0.2) is 0 Å². The molecule has 1 heterocycles. The van der Waals surface area contributed by atoms with Crippen LogP contribution in [0.4, 0.5) is 11.4 Å². The quantitative estimate of drug-likeness (QED) is 0.819. The lowest BCUT2D eigenvalue weighted by atomic mass is 10.2. The molecule has 0 spiro atoms. The number of methoxy groups -OCH3 is 1. The fourth-order valence-electron chi connectivity index (χ4n) is 2.79. The molecule has 0 aromatic heterocycles. The van der Waals surface area contributed by atoms with Gasteiger partial charge in [-0.15, -0.1) is 0 Å². The molecule has 6 heteroatoms. The Labute approximate surface area is 153 Å². The maximum atomic E-state index is 12.3. The second kappa shape index (κ2) is 7.98. The summed E-state index contributed by atoms with van der Waals surface area (Å²) in [4.78, 5) is 14.2. The van der Waals surface area contributed by atoms with Crippen LogP contribution in [0.25, 0.3) is 0 Å². The molecule has 130 valence electrons. The molecule has 3 rings (SSSR count). The van der Waals surface area contributed by atoms with Gasteiger partial charge in [0.2, 0.25) is 0 Å². The second-order valence-corrected chi connectivity index (χ2v) is 6.30. The van der Waals surface area contributed by atoms with Gasteiger partial charge in [-0.3, -0.25) is 4.79 Å². The van der Waals surface area contributed by atoms with Crippen LogP contribution in [0.2, 0.25) is 0 Å². The van der Waals surface area contributed by atoms with Crippen molar-refractivity contribution >= 4 is 34.6 Å². The average molecular weight is 355 g/mol. The summed E-state index contributed by atoms with van der Waals surface area (Å²) in [5.74, 6) is 0.860. The summed E-state index contributed by atoms with van der Waals surface area (Å²) in [6.07, 6.45) is 2.19. The van der Waals surface area contributed by atoms with Gasteiger partial charge in [0.05, 0.1) is 7.11 Å². The molecule has 5 nitrogen and oxygen atoms in total. The summed E-state index contributed by atoms with van der Waals surface area (Å²) in [5, 5.41) is 6.71. The molecule has 0 radical (unpaired) electrons. The van der Waals surface area contributed by atoms with E-state index in [0.717, 1.165) is 43.1 Å². The van der Waals surface area contributed by atoms with Crippen molar-refractivity contribution in [2.75, 3.05) is 30.8 Å². The van der Waals surface area contributed by atoms with Gasteiger partial charge in [-0.2, -0.15) is 0 Å². The van der Waals surface area contributed by atoms with Gasteiger partial charge >= 0.3 is 0 Å². The summed E-state index contributed by atoms with van der Waals surface area (Å²) in [6, 6.07) is 14.9. The van der Waals surface area contributed by atoms with Crippen LogP contribution in [0.15, 0.2) is 48.5 Å². The van der Waals surface area contributed by atoms with Crippen molar-refractivity contribution < 1.29 is 9.53 Å². The van der Waals surface area contributed by atoms with E-state index in [9.17, 15) is 4.79 Å². The van der Waals surface area contributed by atoms with Crippen molar-refractivity contribution in [3.8, 4) is 5.75 Å². The number of nitrogens with zero attached hydrogens (tertiary/aromatic N) is 1. The van der Waals surface area contributed by atoms with Crippen LogP contribution in [0.3, 0.4) is 0 Å². The smallest absolute Gasteiger partial charge is 0.253 e. The second-order valence-electron chi connectivity index (χ2n) is 5.89. The molecular weight excluding hydrogens is 334 g/mol. The number of carbonyl (C=O) groups excluding carboxylic acids is 1. The lowest BCUT2D eigenvalue weighted by Crippen LogP contribution is -2.27. The fraction of sp³-hybridized carbons (Fsp3) is 0.263. The number of hydrogen-bond acceptors (Lipinski definition) is 3. The third kappa shape index (κ3) is 4.48. The van der Waals surface area contributed by atoms with Crippen LogP contribution in [0.1, 0.15) is 23.2 Å². The molecule has 25 heavy (non-hydrogen) atoms. The first kappa shape index (κ1) is 17.2. The zero-order valence-corrected chi connectivity index (χ0v) is 14.9. The Hall–Kier alpha value is -2.60. The number of carbonyl (C=O) groups is 1. The Bertz CT molecular complexity index is 756. The third-order valence-corrected chi connectivity index (χ3v) is 4.31. The minimum Gasteiger partial charge on any atom is -0.497 e. The standard InChI is InChI=1S/C19H21N3O2S/c1-24-17-6-4-5-16(13-17)21-19(25)20-15-9-7-14(8-10-15)18(23)22-11-2-3-12-22/h4-10,13H,2-3,11-12H2,1H3,(H2,20,21,25). The van der Waals surface area contributed by atoms with E-state index in [-0.39, 0.29) is 5.91 Å². The SMILES string of the molecule is COc1cccc(NC(=S)Nc2ccc(C(=O)N3CCCC3)cc2)c1. The van der Waals surface area contributed by atoms with Crippen LogP contribution in [0, 0.1) is 0 Å². The Morgan fingerprint density at radius 3 is 2.40 bits per heavy atom. The van der Waals surface area contributed by atoms with Gasteiger partial charge in [0.15, 0.2) is 5.11 Å². The van der Waals surface area contributed by atoms with Crippen LogP contribution in [0.5, 0.6) is 5.75 Å². The van der Waals surface area contributed by atoms with E-state index in [1.54, 1.807) is 7.11 Å². The number of ether oxygens (including phenoxy) is 1. The van der Waals surface area contributed by atoms with E-state index in [1.165, 1.54) is 0 Å². The highest BCUT2D eigenvalue weighted by molar-refractivity contribution is 7.80. The molecule has 0 atom stereocenters. The minimum atomic E-state index is 0.0983. The minimum absolute atomic E-state index is 0.0983. The molecule has 2 aromatic carbocycles. The Kier molecular flexibility index (Phi) is 5.50. The molecule has 0 bridgehead atoms. The number of thiocarbonyl (C=S) groups is 1. The van der Waals surface area contributed by atoms with Gasteiger partial charge in [-0.1, -0.05) is 6.07 Å². The highest BCUT2D eigenvalue weighted by Crippen LogP contribution is 2.18. The number of hydrogen-bond donors (Lipinski definition) is 2. The summed E-state index contributed by atoms with van der Waals surface area (Å²) in [6.45, 7) is 1.71. The molecule has 1 amide bonds. The lowest BCUT2D eigenvalue weighted by Gasteiger charge is -2.16. The van der Waals surface area contributed by atoms with Crippen LogP contribution < -0.4 is 15.4 Å². The molecule has 1 fully saturated rings. The third-order valence-electron chi connectivity index (χ3n) is 4.11. The van der Waals surface area contributed by atoms with E-state index >= 15 is 0 Å². The van der Waals surface area contributed by atoms with Gasteiger partial charge in [0.25, 0.3) is 5.91 Å². The van der Waals surface area contributed by atoms with Crippen molar-refractivity contribution in [1.29, 1.82) is 0 Å². The fourth-order valence-corrected chi connectivity index (χ4v) is 3.03. The predicted octanol–water partition coefficient (Wildman–Crippen LogP) is 3.74. The highest BCUT2D eigenvalue weighted by atomic mass is 32.1. The lowest BCUT2D eigenvalue weighted by molar-refractivity contribution is 0.0793. The Morgan fingerprint density at radius 2 is 1.72 bits per heavy atom. The number of anilines is 2. The molecule has 0 saturated carbocycles. The largest absolute Gasteiger partial charge is 0.497 e. The summed E-state index contributed by atoms with van der Waals surface area (Å²) in [7, 11) is 1.63. The van der Waals surface area contributed by atoms with Crippen LogP contribution in [-0.4, -0.2) is 36.1 Å². The van der Waals surface area contributed by atoms with E-state index in [2.05, 4.69) is 10.6 Å². The van der Waals surface area contributed by atoms with Gasteiger partial charge < -0.3 is 20.3 Å². The Balaban J connectivity index is 1.58. The van der Waals surface area contributed by atoms with Crippen LogP contribution >= 0.6 is 12.2 Å². The van der Waals surface area contributed by atoms with Gasteiger partial charge in [0.1, 0.15) is 5.75 Å². The zero-order chi connectivity index (χ0) is 17.6. The number of rotatable bonds is 4. The topological polar surface area (TPSA) is 53.6 Å². The van der Waals surface area contributed by atoms with Crippen molar-refractivity contribution in [1.82, 2.24) is 4.90 Å². The van der Waals surface area contributed by atoms with Crippen molar-refractivity contribution in [2.45, 2.75) is 12.8 Å². The van der Waals surface area contributed by atoms with E-state index in [4.69, 9.17) is 17.0 Å². The number of likely N-dealkylation sites (tertiary alicyclic amines) is 1. The molecule has 2 aromatic rings. The van der Waals surface area contributed by atoms with Gasteiger partial charge in [-0.05, 0) is 61.5 Å². The predicted molar refractivity (Wildman–Crippen MR) is 104 cm³/mol. The van der Waals surface area contributed by atoms with Crippen molar-refractivity contribution in [3.63, 3.8) is 0 Å². The van der Waals surface area contributed by atoms with E-state index in [0.29, 0.717) is 10.7 Å². The molecule has 1 saturated heterocycles. The van der Waals surface area contributed by atoms with Crippen molar-refractivity contribution in [3.05, 3.63) is 54.1 Å². The summed E-state index contributed by atoms with van der Waals surface area (Å²) in [5.41, 5.74) is 2.38. The molecule has 1 aliphatic heterocycles. The number of benzene rings is 2. The maximum absolute atomic E-state index is 12.3. The zero-order valence-electron chi connectivity index (χ0n) is 14.1. The van der Waals surface area contributed by atoms with Crippen molar-refractivity contribution in [2.24, 2.45) is 0 Å². The molecule has 1 aliphatic rings. The molecule has 2 N–H and O–H groups in total. The average Bonchev–Trinajstić information content (AvgIpc) is 3.16. The Morgan fingerprint density at radius 1 is 1.04 bits per heavy atom. The first-order chi connectivity index (χ1) is 12.2. The monoisotopic (exact) mass is 355 g/mol. The van der Waals surface area contributed by atoms with E-state index in [1.807, 2.05) is 53.4 Å². The maximum Gasteiger partial charge on any atom is 0.253 e. The first-order valence-electron chi connectivity index (χ1n) is 8.27. The molecule has 0 unspecified atom stereocenters. The van der Waals surface area contributed by atoms with Crippen LogP contribution in [-0.2, 0) is 0 Å². The highest BCUT2D eigenvalue weighted by Gasteiger charge is 2.19. The first-order valence-corrected chi connectivity index (χ1v) is 8.68. The number of amides is 1. The number of nitrogens with one attached hydrogen (secondary N) is 2. The molecule has 0 aliphatic carbocycles. The summed E-state index contributed by atoms with van der Waals surface area (Å²) >= 11 is 5.33. The molecular formula is C19H21N3O2S. The summed E-state index contributed by atoms with van der Waals surface area (Å²) < 4.78 is 5.19. The van der Waals surface area contributed by atoms with E-state index < -0.39 is 0 Å². The van der Waals surface area contributed by atoms with Gasteiger partial charge in [0, 0.05) is 36.1 Å².